The lowest BCUT2D eigenvalue weighted by atomic mass is 9.98. The Kier molecular flexibility index (Phi) is 4.20. The summed E-state index contributed by atoms with van der Waals surface area (Å²) in [7, 11) is 4.12. The van der Waals surface area contributed by atoms with Gasteiger partial charge in [0, 0.05) is 26.8 Å². The van der Waals surface area contributed by atoms with E-state index in [9.17, 15) is 0 Å². The predicted octanol–water partition coefficient (Wildman–Crippen LogP) is 1.56. The average Bonchev–Trinajstić information content (AvgIpc) is 2.38. The largest absolute Gasteiger partial charge is 0.382 e. The van der Waals surface area contributed by atoms with Crippen molar-refractivity contribution in [3.63, 3.8) is 0 Å². The number of nitrogens with one attached hydrogen (secondary N) is 2. The minimum absolute atomic E-state index is 0.784. The summed E-state index contributed by atoms with van der Waals surface area (Å²) in [6, 6.07) is 2.05. The number of hydrogen-bond acceptors (Lipinski definition) is 4. The summed E-state index contributed by atoms with van der Waals surface area (Å²) in [4.78, 5) is 6.31. The maximum absolute atomic E-state index is 4.19. The van der Waals surface area contributed by atoms with Crippen molar-refractivity contribution >= 4 is 11.4 Å². The number of pyridine rings is 1. The van der Waals surface area contributed by atoms with E-state index in [-0.39, 0.29) is 0 Å². The zero-order valence-electron chi connectivity index (χ0n) is 10.7. The van der Waals surface area contributed by atoms with Gasteiger partial charge >= 0.3 is 0 Å². The van der Waals surface area contributed by atoms with Gasteiger partial charge in [-0.25, -0.2) is 0 Å². The molecule has 2 N–H and O–H groups in total. The summed E-state index contributed by atoms with van der Waals surface area (Å²) in [5, 5.41) is 6.93. The summed E-state index contributed by atoms with van der Waals surface area (Å²) < 4.78 is 0. The van der Waals surface area contributed by atoms with Gasteiger partial charge in [-0.1, -0.05) is 0 Å². The number of aromatic nitrogens is 1. The van der Waals surface area contributed by atoms with E-state index < -0.39 is 0 Å². The lowest BCUT2D eigenvalue weighted by molar-refractivity contribution is 0.390. The Morgan fingerprint density at radius 2 is 2.18 bits per heavy atom. The van der Waals surface area contributed by atoms with E-state index in [1.165, 1.54) is 18.5 Å². The minimum Gasteiger partial charge on any atom is -0.382 e. The van der Waals surface area contributed by atoms with E-state index in [4.69, 9.17) is 0 Å². The first-order chi connectivity index (χ1) is 8.27. The minimum atomic E-state index is 0.784. The molecule has 2 heterocycles. The molecule has 2 rings (SSSR count). The third-order valence-corrected chi connectivity index (χ3v) is 3.32. The summed E-state index contributed by atoms with van der Waals surface area (Å²) in [6.45, 7) is 3.36. The maximum Gasteiger partial charge on any atom is 0.0764 e. The van der Waals surface area contributed by atoms with Gasteiger partial charge in [0.25, 0.3) is 0 Å². The fourth-order valence-electron chi connectivity index (χ4n) is 2.25. The van der Waals surface area contributed by atoms with Gasteiger partial charge < -0.3 is 15.5 Å². The van der Waals surface area contributed by atoms with Gasteiger partial charge in [0.05, 0.1) is 17.6 Å². The SMILES string of the molecule is CN(C)c1ccncc1NCC1CCNCC1. The molecule has 94 valence electrons. The van der Waals surface area contributed by atoms with Crippen molar-refractivity contribution in [2.24, 2.45) is 5.92 Å². The quantitative estimate of drug-likeness (QED) is 0.829. The molecule has 0 unspecified atom stereocenters. The third-order valence-electron chi connectivity index (χ3n) is 3.32. The highest BCUT2D eigenvalue weighted by Gasteiger charge is 2.13. The van der Waals surface area contributed by atoms with E-state index >= 15 is 0 Å². The van der Waals surface area contributed by atoms with E-state index in [0.29, 0.717) is 0 Å². The van der Waals surface area contributed by atoms with Gasteiger partial charge in [-0.3, -0.25) is 4.98 Å². The number of anilines is 2. The molecule has 0 bridgehead atoms. The molecule has 1 aromatic heterocycles. The molecule has 0 amide bonds. The van der Waals surface area contributed by atoms with Crippen LogP contribution in [0.2, 0.25) is 0 Å². The van der Waals surface area contributed by atoms with E-state index in [1.807, 2.05) is 18.5 Å². The average molecular weight is 234 g/mol. The highest BCUT2D eigenvalue weighted by Crippen LogP contribution is 2.23. The normalized spacial score (nSPS) is 16.8. The van der Waals surface area contributed by atoms with Crippen molar-refractivity contribution in [1.29, 1.82) is 0 Å². The van der Waals surface area contributed by atoms with Crippen LogP contribution in [0, 0.1) is 5.92 Å². The molecular formula is C13H22N4. The molecule has 0 aliphatic carbocycles. The molecular weight excluding hydrogens is 212 g/mol. The van der Waals surface area contributed by atoms with E-state index in [2.05, 4.69) is 34.6 Å². The van der Waals surface area contributed by atoms with Crippen molar-refractivity contribution in [2.75, 3.05) is 43.9 Å². The van der Waals surface area contributed by atoms with Crippen LogP contribution in [-0.2, 0) is 0 Å². The summed E-state index contributed by atoms with van der Waals surface area (Å²) in [6.07, 6.45) is 6.29. The van der Waals surface area contributed by atoms with Gasteiger partial charge in [0.15, 0.2) is 0 Å². The number of piperidine rings is 1. The molecule has 1 saturated heterocycles. The molecule has 1 aliphatic heterocycles. The topological polar surface area (TPSA) is 40.2 Å². The lowest BCUT2D eigenvalue weighted by Crippen LogP contribution is -2.31. The Morgan fingerprint density at radius 3 is 2.88 bits per heavy atom. The summed E-state index contributed by atoms with van der Waals surface area (Å²) >= 11 is 0. The summed E-state index contributed by atoms with van der Waals surface area (Å²) in [5.74, 6) is 0.784. The van der Waals surface area contributed by atoms with Crippen LogP contribution in [0.4, 0.5) is 11.4 Å². The van der Waals surface area contributed by atoms with E-state index in [0.717, 1.165) is 31.2 Å². The number of rotatable bonds is 4. The first kappa shape index (κ1) is 12.2. The number of nitrogens with zero attached hydrogens (tertiary/aromatic N) is 2. The molecule has 0 saturated carbocycles. The highest BCUT2D eigenvalue weighted by molar-refractivity contribution is 5.68. The van der Waals surface area contributed by atoms with Gasteiger partial charge in [0.2, 0.25) is 0 Å². The zero-order valence-corrected chi connectivity index (χ0v) is 10.7. The van der Waals surface area contributed by atoms with Crippen LogP contribution in [0.3, 0.4) is 0 Å². The molecule has 4 heteroatoms. The fraction of sp³-hybridized carbons (Fsp3) is 0.615. The fourth-order valence-corrected chi connectivity index (χ4v) is 2.25. The van der Waals surface area contributed by atoms with Gasteiger partial charge in [-0.15, -0.1) is 0 Å². The van der Waals surface area contributed by atoms with Gasteiger partial charge in [0.1, 0.15) is 0 Å². The van der Waals surface area contributed by atoms with Crippen molar-refractivity contribution in [1.82, 2.24) is 10.3 Å². The molecule has 0 atom stereocenters. The molecule has 1 aliphatic rings. The molecule has 0 aromatic carbocycles. The first-order valence-corrected chi connectivity index (χ1v) is 6.33. The monoisotopic (exact) mass is 234 g/mol. The second-order valence-electron chi connectivity index (χ2n) is 4.86. The van der Waals surface area contributed by atoms with Crippen molar-refractivity contribution in [2.45, 2.75) is 12.8 Å². The third kappa shape index (κ3) is 3.33. The molecule has 0 spiro atoms. The van der Waals surface area contributed by atoms with Crippen molar-refractivity contribution < 1.29 is 0 Å². The lowest BCUT2D eigenvalue weighted by Gasteiger charge is -2.24. The standard InChI is InChI=1S/C13H22N4/c1-17(2)13-5-8-15-10-12(13)16-9-11-3-6-14-7-4-11/h5,8,10-11,14,16H,3-4,6-7,9H2,1-2H3. The summed E-state index contributed by atoms with van der Waals surface area (Å²) in [5.41, 5.74) is 2.34. The Labute approximate surface area is 103 Å². The highest BCUT2D eigenvalue weighted by atomic mass is 15.1. The first-order valence-electron chi connectivity index (χ1n) is 6.33. The van der Waals surface area contributed by atoms with Crippen LogP contribution in [0.5, 0.6) is 0 Å². The molecule has 1 fully saturated rings. The van der Waals surface area contributed by atoms with E-state index in [1.54, 1.807) is 0 Å². The molecule has 17 heavy (non-hydrogen) atoms. The number of hydrogen-bond donors (Lipinski definition) is 2. The smallest absolute Gasteiger partial charge is 0.0764 e. The van der Waals surface area contributed by atoms with Gasteiger partial charge in [-0.05, 0) is 37.9 Å². The van der Waals surface area contributed by atoms with Crippen LogP contribution in [-0.4, -0.2) is 38.7 Å². The molecule has 1 aromatic rings. The van der Waals surface area contributed by atoms with Crippen LogP contribution in [0.25, 0.3) is 0 Å². The van der Waals surface area contributed by atoms with Crippen molar-refractivity contribution in [3.05, 3.63) is 18.5 Å². The van der Waals surface area contributed by atoms with Crippen LogP contribution in [0.1, 0.15) is 12.8 Å². The Balaban J connectivity index is 1.93. The van der Waals surface area contributed by atoms with Crippen LogP contribution >= 0.6 is 0 Å². The Bertz CT molecular complexity index is 345. The zero-order chi connectivity index (χ0) is 12.1. The maximum atomic E-state index is 4.19. The van der Waals surface area contributed by atoms with Crippen LogP contribution in [0.15, 0.2) is 18.5 Å². The molecule has 4 nitrogen and oxygen atoms in total. The predicted molar refractivity (Wildman–Crippen MR) is 72.6 cm³/mol. The Morgan fingerprint density at radius 1 is 1.41 bits per heavy atom. The van der Waals surface area contributed by atoms with Crippen LogP contribution < -0.4 is 15.5 Å². The molecule has 0 radical (unpaired) electrons. The Hall–Kier alpha value is -1.29. The van der Waals surface area contributed by atoms with Gasteiger partial charge in [-0.2, -0.15) is 0 Å². The second-order valence-corrected chi connectivity index (χ2v) is 4.86. The van der Waals surface area contributed by atoms with Crippen molar-refractivity contribution in [3.8, 4) is 0 Å². The second kappa shape index (κ2) is 5.87.